The number of hydrogen-bond donors (Lipinski definition) is 1. The number of nitrogens with one attached hydrogen (secondary N) is 1. The number of aromatic nitrogens is 2. The van der Waals surface area contributed by atoms with Crippen LogP contribution in [0.2, 0.25) is 0 Å². The minimum absolute atomic E-state index is 0.501. The Balaban J connectivity index is 1.66. The maximum absolute atomic E-state index is 4.25. The monoisotopic (exact) mass is 255 g/mol. The molecule has 1 aliphatic carbocycles. The molecule has 0 fully saturated rings. The molecule has 1 aromatic heterocycles. The average Bonchev–Trinajstić information content (AvgIpc) is 3.04. The highest BCUT2D eigenvalue weighted by molar-refractivity contribution is 5.34. The Morgan fingerprint density at radius 3 is 3.16 bits per heavy atom. The van der Waals surface area contributed by atoms with E-state index in [2.05, 4.69) is 46.1 Å². The minimum Gasteiger partial charge on any atom is -0.333 e. The van der Waals surface area contributed by atoms with E-state index in [-0.39, 0.29) is 0 Å². The molecule has 1 unspecified atom stereocenters. The van der Waals surface area contributed by atoms with Gasteiger partial charge in [0.25, 0.3) is 0 Å². The van der Waals surface area contributed by atoms with E-state index in [4.69, 9.17) is 0 Å². The molecule has 1 N–H and O–H groups in total. The van der Waals surface area contributed by atoms with Crippen LogP contribution >= 0.6 is 0 Å². The first-order valence-electron chi connectivity index (χ1n) is 7.18. The number of hydrogen-bond acceptors (Lipinski definition) is 2. The maximum atomic E-state index is 4.25. The Labute approximate surface area is 114 Å². The van der Waals surface area contributed by atoms with Gasteiger partial charge in [0.1, 0.15) is 0 Å². The van der Waals surface area contributed by atoms with E-state index in [1.165, 1.54) is 29.7 Å². The Morgan fingerprint density at radius 2 is 2.26 bits per heavy atom. The van der Waals surface area contributed by atoms with Gasteiger partial charge in [0, 0.05) is 25.3 Å². The number of aryl methyl sites for hydroxylation is 2. The van der Waals surface area contributed by atoms with Crippen molar-refractivity contribution < 1.29 is 0 Å². The van der Waals surface area contributed by atoms with Crippen LogP contribution < -0.4 is 5.32 Å². The van der Waals surface area contributed by atoms with Gasteiger partial charge in [0.15, 0.2) is 0 Å². The van der Waals surface area contributed by atoms with E-state index < -0.39 is 0 Å². The van der Waals surface area contributed by atoms with Crippen molar-refractivity contribution in [2.45, 2.75) is 45.3 Å². The van der Waals surface area contributed by atoms with Crippen molar-refractivity contribution >= 4 is 0 Å². The normalized spacial score (nSPS) is 17.6. The van der Waals surface area contributed by atoms with E-state index in [0.717, 1.165) is 19.5 Å². The summed E-state index contributed by atoms with van der Waals surface area (Å²) in [7, 11) is 0. The molecule has 3 heteroatoms. The van der Waals surface area contributed by atoms with Crippen molar-refractivity contribution in [2.24, 2.45) is 0 Å². The lowest BCUT2D eigenvalue weighted by molar-refractivity contribution is 0.509. The molecule has 3 rings (SSSR count). The summed E-state index contributed by atoms with van der Waals surface area (Å²) in [6.07, 6.45) is 7.46. The largest absolute Gasteiger partial charge is 0.333 e. The molecular weight excluding hydrogens is 234 g/mol. The van der Waals surface area contributed by atoms with Gasteiger partial charge in [0.2, 0.25) is 0 Å². The minimum atomic E-state index is 0.501. The van der Waals surface area contributed by atoms with Crippen LogP contribution in [0.15, 0.2) is 36.8 Å². The molecule has 1 heterocycles. The van der Waals surface area contributed by atoms with Crippen LogP contribution in [0.4, 0.5) is 0 Å². The Kier molecular flexibility index (Phi) is 3.65. The zero-order valence-corrected chi connectivity index (χ0v) is 11.5. The average molecular weight is 255 g/mol. The summed E-state index contributed by atoms with van der Waals surface area (Å²) in [6.45, 7) is 4.15. The van der Waals surface area contributed by atoms with Gasteiger partial charge in [-0.3, -0.25) is 0 Å². The molecule has 1 atom stereocenters. The molecule has 0 aliphatic heterocycles. The lowest BCUT2D eigenvalue weighted by Gasteiger charge is -2.15. The van der Waals surface area contributed by atoms with Crippen molar-refractivity contribution in [3.05, 3.63) is 53.6 Å². The molecule has 19 heavy (non-hydrogen) atoms. The quantitative estimate of drug-likeness (QED) is 0.890. The second kappa shape index (κ2) is 5.57. The van der Waals surface area contributed by atoms with Gasteiger partial charge in [-0.05, 0) is 30.4 Å². The lowest BCUT2D eigenvalue weighted by atomic mass is 10.1. The molecule has 0 amide bonds. The Bertz CT molecular complexity index is 544. The molecule has 1 aliphatic rings. The number of imidazole rings is 1. The topological polar surface area (TPSA) is 29.9 Å². The third kappa shape index (κ3) is 2.56. The van der Waals surface area contributed by atoms with Crippen molar-refractivity contribution in [1.29, 1.82) is 0 Å². The molecule has 2 aromatic rings. The summed E-state index contributed by atoms with van der Waals surface area (Å²) >= 11 is 0. The zero-order valence-electron chi connectivity index (χ0n) is 11.5. The van der Waals surface area contributed by atoms with Crippen LogP contribution in [0, 0.1) is 0 Å². The molecule has 100 valence electrons. The van der Waals surface area contributed by atoms with E-state index >= 15 is 0 Å². The fraction of sp³-hybridized carbons (Fsp3) is 0.438. The predicted molar refractivity (Wildman–Crippen MR) is 76.9 cm³/mol. The molecular formula is C16H21N3. The van der Waals surface area contributed by atoms with E-state index in [1.807, 2.05) is 12.5 Å². The fourth-order valence-corrected chi connectivity index (χ4v) is 2.93. The molecule has 0 saturated carbocycles. The standard InChI is InChI=1S/C16H21N3/c1-2-9-19-12-17-10-14(19)11-18-16-8-7-13-5-3-4-6-15(13)16/h3-6,10,12,16,18H,2,7-9,11H2,1H3. The summed E-state index contributed by atoms with van der Waals surface area (Å²) in [5, 5.41) is 3.68. The molecule has 3 nitrogen and oxygen atoms in total. The summed E-state index contributed by atoms with van der Waals surface area (Å²) in [5.74, 6) is 0. The number of nitrogens with zero attached hydrogens (tertiary/aromatic N) is 2. The summed E-state index contributed by atoms with van der Waals surface area (Å²) < 4.78 is 2.24. The summed E-state index contributed by atoms with van der Waals surface area (Å²) in [5.41, 5.74) is 4.26. The second-order valence-corrected chi connectivity index (χ2v) is 5.25. The van der Waals surface area contributed by atoms with Gasteiger partial charge in [0.05, 0.1) is 12.0 Å². The smallest absolute Gasteiger partial charge is 0.0948 e. The molecule has 0 saturated heterocycles. The lowest BCUT2D eigenvalue weighted by Crippen LogP contribution is -2.20. The highest BCUT2D eigenvalue weighted by Gasteiger charge is 2.21. The van der Waals surface area contributed by atoms with Crippen LogP contribution in [0.3, 0.4) is 0 Å². The molecule has 0 bridgehead atoms. The number of benzene rings is 1. The van der Waals surface area contributed by atoms with Crippen LogP contribution in [0.1, 0.15) is 42.6 Å². The molecule has 0 radical (unpaired) electrons. The summed E-state index contributed by atoms with van der Waals surface area (Å²) in [4.78, 5) is 4.25. The van der Waals surface area contributed by atoms with Crippen molar-refractivity contribution in [1.82, 2.24) is 14.9 Å². The van der Waals surface area contributed by atoms with Crippen LogP contribution in [0.5, 0.6) is 0 Å². The van der Waals surface area contributed by atoms with Gasteiger partial charge in [-0.2, -0.15) is 0 Å². The van der Waals surface area contributed by atoms with E-state index in [1.54, 1.807) is 0 Å². The van der Waals surface area contributed by atoms with Gasteiger partial charge in [-0.1, -0.05) is 31.2 Å². The van der Waals surface area contributed by atoms with Gasteiger partial charge in [-0.15, -0.1) is 0 Å². The first kappa shape index (κ1) is 12.4. The van der Waals surface area contributed by atoms with Crippen LogP contribution in [0.25, 0.3) is 0 Å². The third-order valence-electron chi connectivity index (χ3n) is 3.93. The van der Waals surface area contributed by atoms with Gasteiger partial charge < -0.3 is 9.88 Å². The summed E-state index contributed by atoms with van der Waals surface area (Å²) in [6, 6.07) is 9.28. The van der Waals surface area contributed by atoms with Crippen molar-refractivity contribution in [3.63, 3.8) is 0 Å². The van der Waals surface area contributed by atoms with Crippen molar-refractivity contribution in [3.8, 4) is 0 Å². The van der Waals surface area contributed by atoms with Crippen LogP contribution in [-0.2, 0) is 19.5 Å². The van der Waals surface area contributed by atoms with E-state index in [0.29, 0.717) is 6.04 Å². The van der Waals surface area contributed by atoms with Gasteiger partial charge in [-0.25, -0.2) is 4.98 Å². The first-order chi connectivity index (χ1) is 9.38. The molecule has 1 aromatic carbocycles. The zero-order chi connectivity index (χ0) is 13.1. The number of fused-ring (bicyclic) bond motifs is 1. The SMILES string of the molecule is CCCn1cncc1CNC1CCc2ccccc21. The number of rotatable bonds is 5. The first-order valence-corrected chi connectivity index (χ1v) is 7.18. The Hall–Kier alpha value is -1.61. The fourth-order valence-electron chi connectivity index (χ4n) is 2.93. The third-order valence-corrected chi connectivity index (χ3v) is 3.93. The predicted octanol–water partition coefficient (Wildman–Crippen LogP) is 3.07. The van der Waals surface area contributed by atoms with Crippen molar-refractivity contribution in [2.75, 3.05) is 0 Å². The Morgan fingerprint density at radius 1 is 1.37 bits per heavy atom. The van der Waals surface area contributed by atoms with E-state index in [9.17, 15) is 0 Å². The van der Waals surface area contributed by atoms with Gasteiger partial charge >= 0.3 is 0 Å². The maximum Gasteiger partial charge on any atom is 0.0948 e. The highest BCUT2D eigenvalue weighted by Crippen LogP contribution is 2.30. The highest BCUT2D eigenvalue weighted by atomic mass is 15.1. The van der Waals surface area contributed by atoms with Crippen LogP contribution in [-0.4, -0.2) is 9.55 Å². The molecule has 0 spiro atoms. The second-order valence-electron chi connectivity index (χ2n) is 5.25.